The lowest BCUT2D eigenvalue weighted by Crippen LogP contribution is -2.44. The zero-order valence-corrected chi connectivity index (χ0v) is 10.6. The summed E-state index contributed by atoms with van der Waals surface area (Å²) in [6, 6.07) is 4.12. The number of aromatic nitrogens is 1. The summed E-state index contributed by atoms with van der Waals surface area (Å²) >= 11 is 0. The van der Waals surface area contributed by atoms with Gasteiger partial charge >= 0.3 is 0 Å². The first-order chi connectivity index (χ1) is 8.24. The average Bonchev–Trinajstić information content (AvgIpc) is 2.39. The van der Waals surface area contributed by atoms with E-state index in [2.05, 4.69) is 22.9 Å². The Hall–Kier alpha value is -1.13. The van der Waals surface area contributed by atoms with Gasteiger partial charge in [0.25, 0.3) is 0 Å². The van der Waals surface area contributed by atoms with Gasteiger partial charge in [0.2, 0.25) is 0 Å². The van der Waals surface area contributed by atoms with Crippen molar-refractivity contribution in [3.05, 3.63) is 24.0 Å². The second-order valence-electron chi connectivity index (χ2n) is 4.70. The van der Waals surface area contributed by atoms with Gasteiger partial charge in [0, 0.05) is 38.6 Å². The number of methoxy groups -OCH3 is 1. The van der Waals surface area contributed by atoms with E-state index in [1.807, 2.05) is 12.3 Å². The highest BCUT2D eigenvalue weighted by Crippen LogP contribution is 2.24. The molecule has 2 rings (SSSR count). The first kappa shape index (κ1) is 12.3. The lowest BCUT2D eigenvalue weighted by atomic mass is 9.95. The van der Waals surface area contributed by atoms with Crippen LogP contribution in [0.25, 0.3) is 0 Å². The van der Waals surface area contributed by atoms with E-state index in [9.17, 15) is 0 Å². The molecule has 94 valence electrons. The lowest BCUT2D eigenvalue weighted by molar-refractivity contribution is 0.0498. The van der Waals surface area contributed by atoms with Crippen molar-refractivity contribution >= 4 is 5.69 Å². The number of nitrogens with two attached hydrogens (primary N) is 1. The second kappa shape index (κ2) is 5.47. The third kappa shape index (κ3) is 2.76. The van der Waals surface area contributed by atoms with Gasteiger partial charge in [0.15, 0.2) is 0 Å². The SMILES string of the molecule is COC1CN(c2ccnc(CN)c2)CCC1C. The lowest BCUT2D eigenvalue weighted by Gasteiger charge is -2.37. The summed E-state index contributed by atoms with van der Waals surface area (Å²) in [6.07, 6.45) is 3.31. The fourth-order valence-electron chi connectivity index (χ4n) is 2.35. The topological polar surface area (TPSA) is 51.4 Å². The van der Waals surface area contributed by atoms with Crippen LogP contribution in [0.5, 0.6) is 0 Å². The van der Waals surface area contributed by atoms with Gasteiger partial charge in [-0.15, -0.1) is 0 Å². The van der Waals surface area contributed by atoms with Crippen LogP contribution in [-0.2, 0) is 11.3 Å². The van der Waals surface area contributed by atoms with Crippen molar-refractivity contribution in [1.29, 1.82) is 0 Å². The van der Waals surface area contributed by atoms with Crippen LogP contribution in [0, 0.1) is 5.92 Å². The zero-order chi connectivity index (χ0) is 12.3. The quantitative estimate of drug-likeness (QED) is 0.860. The molecule has 0 spiro atoms. The van der Waals surface area contributed by atoms with Crippen LogP contribution in [0.1, 0.15) is 19.0 Å². The van der Waals surface area contributed by atoms with Gasteiger partial charge in [0.05, 0.1) is 11.8 Å². The van der Waals surface area contributed by atoms with Crippen molar-refractivity contribution < 1.29 is 4.74 Å². The predicted molar refractivity (Wildman–Crippen MR) is 68.9 cm³/mol. The Morgan fingerprint density at radius 1 is 1.59 bits per heavy atom. The smallest absolute Gasteiger partial charge is 0.0772 e. The van der Waals surface area contributed by atoms with E-state index in [0.717, 1.165) is 18.8 Å². The van der Waals surface area contributed by atoms with E-state index in [1.54, 1.807) is 7.11 Å². The third-order valence-corrected chi connectivity index (χ3v) is 3.57. The zero-order valence-electron chi connectivity index (χ0n) is 10.6. The van der Waals surface area contributed by atoms with Crippen LogP contribution in [-0.4, -0.2) is 31.3 Å². The van der Waals surface area contributed by atoms with Gasteiger partial charge < -0.3 is 15.4 Å². The van der Waals surface area contributed by atoms with Gasteiger partial charge in [-0.3, -0.25) is 4.98 Å². The molecular weight excluding hydrogens is 214 g/mol. The fourth-order valence-corrected chi connectivity index (χ4v) is 2.35. The van der Waals surface area contributed by atoms with Crippen molar-refractivity contribution in [2.75, 3.05) is 25.1 Å². The van der Waals surface area contributed by atoms with Crippen molar-refractivity contribution in [2.24, 2.45) is 11.7 Å². The molecule has 0 amide bonds. The van der Waals surface area contributed by atoms with E-state index in [-0.39, 0.29) is 0 Å². The number of nitrogens with zero attached hydrogens (tertiary/aromatic N) is 2. The van der Waals surface area contributed by atoms with Gasteiger partial charge in [-0.05, 0) is 24.5 Å². The molecule has 1 saturated heterocycles. The highest BCUT2D eigenvalue weighted by molar-refractivity contribution is 5.47. The van der Waals surface area contributed by atoms with Crippen LogP contribution >= 0.6 is 0 Å². The first-order valence-corrected chi connectivity index (χ1v) is 6.17. The van der Waals surface area contributed by atoms with Crippen molar-refractivity contribution in [1.82, 2.24) is 4.98 Å². The second-order valence-corrected chi connectivity index (χ2v) is 4.70. The highest BCUT2D eigenvalue weighted by Gasteiger charge is 2.26. The molecule has 4 nitrogen and oxygen atoms in total. The largest absolute Gasteiger partial charge is 0.379 e. The molecule has 0 aromatic carbocycles. The number of pyridine rings is 1. The van der Waals surface area contributed by atoms with E-state index in [1.165, 1.54) is 12.1 Å². The number of ether oxygens (including phenoxy) is 1. The van der Waals surface area contributed by atoms with E-state index < -0.39 is 0 Å². The van der Waals surface area contributed by atoms with Crippen LogP contribution in [0.15, 0.2) is 18.3 Å². The Kier molecular flexibility index (Phi) is 3.97. The van der Waals surface area contributed by atoms with E-state index in [4.69, 9.17) is 10.5 Å². The number of rotatable bonds is 3. The van der Waals surface area contributed by atoms with Crippen molar-refractivity contribution in [3.63, 3.8) is 0 Å². The van der Waals surface area contributed by atoms with Crippen LogP contribution in [0.3, 0.4) is 0 Å². The molecule has 0 bridgehead atoms. The fraction of sp³-hybridized carbons (Fsp3) is 0.615. The summed E-state index contributed by atoms with van der Waals surface area (Å²) in [5, 5.41) is 0. The summed E-state index contributed by atoms with van der Waals surface area (Å²) in [5.74, 6) is 0.632. The van der Waals surface area contributed by atoms with Gasteiger partial charge in [-0.2, -0.15) is 0 Å². The van der Waals surface area contributed by atoms with Crippen molar-refractivity contribution in [2.45, 2.75) is 26.0 Å². The van der Waals surface area contributed by atoms with Gasteiger partial charge in [0.1, 0.15) is 0 Å². The van der Waals surface area contributed by atoms with Crippen LogP contribution < -0.4 is 10.6 Å². The molecule has 4 heteroatoms. The molecule has 2 atom stereocenters. The predicted octanol–water partition coefficient (Wildman–Crippen LogP) is 1.40. The Balaban J connectivity index is 2.11. The van der Waals surface area contributed by atoms with Crippen molar-refractivity contribution in [3.8, 4) is 0 Å². The summed E-state index contributed by atoms with van der Waals surface area (Å²) in [6.45, 7) is 4.77. The Morgan fingerprint density at radius 3 is 3.12 bits per heavy atom. The molecule has 0 aliphatic carbocycles. The molecule has 2 N–H and O–H groups in total. The minimum Gasteiger partial charge on any atom is -0.379 e. The maximum absolute atomic E-state index is 5.62. The monoisotopic (exact) mass is 235 g/mol. The molecule has 0 radical (unpaired) electrons. The normalized spacial score (nSPS) is 25.0. The maximum Gasteiger partial charge on any atom is 0.0772 e. The standard InChI is InChI=1S/C13H21N3O/c1-10-4-6-16(9-13(10)17-2)12-3-5-15-11(7-12)8-14/h3,5,7,10,13H,4,6,8-9,14H2,1-2H3. The summed E-state index contributed by atoms with van der Waals surface area (Å²) in [5.41, 5.74) is 7.76. The Labute approximate surface area is 103 Å². The van der Waals surface area contributed by atoms with Gasteiger partial charge in [-0.25, -0.2) is 0 Å². The molecule has 2 unspecified atom stereocenters. The summed E-state index contributed by atoms with van der Waals surface area (Å²) in [7, 11) is 1.79. The minimum atomic E-state index is 0.318. The van der Waals surface area contributed by atoms with Crippen LogP contribution in [0.2, 0.25) is 0 Å². The molecule has 1 aliphatic rings. The third-order valence-electron chi connectivity index (χ3n) is 3.57. The number of piperidine rings is 1. The molecule has 1 aliphatic heterocycles. The summed E-state index contributed by atoms with van der Waals surface area (Å²) < 4.78 is 5.53. The van der Waals surface area contributed by atoms with E-state index in [0.29, 0.717) is 18.6 Å². The molecule has 1 aromatic heterocycles. The number of anilines is 1. The first-order valence-electron chi connectivity index (χ1n) is 6.17. The number of hydrogen-bond acceptors (Lipinski definition) is 4. The molecule has 1 fully saturated rings. The Bertz CT molecular complexity index is 369. The number of hydrogen-bond donors (Lipinski definition) is 1. The highest BCUT2D eigenvalue weighted by atomic mass is 16.5. The molecule has 1 aromatic rings. The molecule has 0 saturated carbocycles. The molecule has 2 heterocycles. The van der Waals surface area contributed by atoms with E-state index >= 15 is 0 Å². The summed E-state index contributed by atoms with van der Waals surface area (Å²) in [4.78, 5) is 6.58. The van der Waals surface area contributed by atoms with Gasteiger partial charge in [-0.1, -0.05) is 6.92 Å². The van der Waals surface area contributed by atoms with Crippen LogP contribution in [0.4, 0.5) is 5.69 Å². The minimum absolute atomic E-state index is 0.318. The average molecular weight is 235 g/mol. The maximum atomic E-state index is 5.62. The molecule has 17 heavy (non-hydrogen) atoms. The molecular formula is C13H21N3O. The Morgan fingerprint density at radius 2 is 2.41 bits per heavy atom.